The van der Waals surface area contributed by atoms with Gasteiger partial charge in [-0.25, -0.2) is 0 Å². The summed E-state index contributed by atoms with van der Waals surface area (Å²) in [6.45, 7) is 0. The molecule has 6 aromatic rings. The van der Waals surface area contributed by atoms with Crippen molar-refractivity contribution in [3.05, 3.63) is 114 Å². The minimum absolute atomic E-state index is 0.173. The molecule has 0 heterocycles. The summed E-state index contributed by atoms with van der Waals surface area (Å²) in [4.78, 5) is 0. The maximum Gasteiger partial charge on any atom is 0.504 e. The van der Waals surface area contributed by atoms with Crippen LogP contribution in [-0.2, 0) is 5.41 Å². The molecule has 0 saturated heterocycles. The second kappa shape index (κ2) is 8.74. The molecular formula is C40H33BO2. The molecule has 0 atom stereocenters. The summed E-state index contributed by atoms with van der Waals surface area (Å²) in [5, 5.41) is 16.7. The van der Waals surface area contributed by atoms with Crippen molar-refractivity contribution >= 4 is 40.0 Å². The molecule has 2 nitrogen and oxygen atoms in total. The van der Waals surface area contributed by atoms with Gasteiger partial charge in [-0.05, 0) is 129 Å². The van der Waals surface area contributed by atoms with Gasteiger partial charge in [0.15, 0.2) is 0 Å². The molecule has 11 rings (SSSR count). The first kappa shape index (κ1) is 24.4. The Bertz CT molecular complexity index is 2040. The van der Waals surface area contributed by atoms with Gasteiger partial charge >= 0.3 is 7.69 Å². The van der Waals surface area contributed by atoms with Crippen LogP contribution in [0.1, 0.15) is 43.2 Å². The molecule has 4 bridgehead atoms. The van der Waals surface area contributed by atoms with E-state index in [1.54, 1.807) is 11.1 Å². The van der Waals surface area contributed by atoms with Gasteiger partial charge in [0.2, 0.25) is 0 Å². The van der Waals surface area contributed by atoms with Crippen molar-refractivity contribution in [2.24, 2.45) is 23.7 Å². The lowest BCUT2D eigenvalue weighted by atomic mass is 9.43. The molecule has 6 aromatic carbocycles. The number of benzene rings is 6. The third-order valence-electron chi connectivity index (χ3n) is 11.9. The van der Waals surface area contributed by atoms with E-state index < -0.39 is 0 Å². The second-order valence-corrected chi connectivity index (χ2v) is 13.7. The van der Waals surface area contributed by atoms with Gasteiger partial charge in [-0.3, -0.25) is 0 Å². The van der Waals surface area contributed by atoms with Gasteiger partial charge in [0.25, 0.3) is 0 Å². The van der Waals surface area contributed by atoms with Gasteiger partial charge in [0, 0.05) is 16.2 Å². The van der Waals surface area contributed by atoms with Crippen LogP contribution >= 0.6 is 0 Å². The number of rotatable bonds is 3. The SMILES string of the molecule is OBOc1c2ccccc2c(-c2ccc3cc4c(cc3c2)C2(c3ccccc3-4)C3CC4CC(C3)CC2C4)c2ccccc12. The Morgan fingerprint density at radius 2 is 1.21 bits per heavy atom. The van der Waals surface area contributed by atoms with Crippen molar-refractivity contribution in [2.75, 3.05) is 0 Å². The van der Waals surface area contributed by atoms with E-state index in [0.717, 1.165) is 51.0 Å². The zero-order valence-corrected chi connectivity index (χ0v) is 24.2. The highest BCUT2D eigenvalue weighted by molar-refractivity contribution is 6.23. The van der Waals surface area contributed by atoms with E-state index in [9.17, 15) is 5.02 Å². The highest BCUT2D eigenvalue weighted by atomic mass is 16.5. The minimum atomic E-state index is -0.345. The average Bonchev–Trinajstić information content (AvgIpc) is 3.32. The Morgan fingerprint density at radius 3 is 1.88 bits per heavy atom. The molecule has 4 saturated carbocycles. The Balaban J connectivity index is 1.23. The molecular weight excluding hydrogens is 523 g/mol. The predicted octanol–water partition coefficient (Wildman–Crippen LogP) is 9.17. The molecule has 0 aromatic heterocycles. The van der Waals surface area contributed by atoms with Crippen molar-refractivity contribution in [1.82, 2.24) is 0 Å². The fourth-order valence-corrected chi connectivity index (χ4v) is 10.7. The molecule has 43 heavy (non-hydrogen) atoms. The molecule has 3 heteroatoms. The number of hydrogen-bond donors (Lipinski definition) is 1. The molecule has 0 radical (unpaired) electrons. The van der Waals surface area contributed by atoms with Gasteiger partial charge in [-0.2, -0.15) is 0 Å². The molecule has 5 aliphatic rings. The van der Waals surface area contributed by atoms with Crippen LogP contribution in [0.25, 0.3) is 54.6 Å². The topological polar surface area (TPSA) is 29.5 Å². The molecule has 0 aliphatic heterocycles. The molecule has 0 amide bonds. The van der Waals surface area contributed by atoms with Crippen LogP contribution in [-0.4, -0.2) is 12.7 Å². The van der Waals surface area contributed by atoms with Crippen LogP contribution in [0, 0.1) is 23.7 Å². The molecule has 208 valence electrons. The maximum atomic E-state index is 9.74. The van der Waals surface area contributed by atoms with Gasteiger partial charge < -0.3 is 9.68 Å². The zero-order chi connectivity index (χ0) is 28.3. The van der Waals surface area contributed by atoms with Crippen molar-refractivity contribution in [3.8, 4) is 28.0 Å². The van der Waals surface area contributed by atoms with Crippen molar-refractivity contribution in [1.29, 1.82) is 0 Å². The highest BCUT2D eigenvalue weighted by Crippen LogP contribution is 2.69. The quantitative estimate of drug-likeness (QED) is 0.174. The van der Waals surface area contributed by atoms with Gasteiger partial charge in [-0.1, -0.05) is 84.9 Å². The van der Waals surface area contributed by atoms with Crippen LogP contribution < -0.4 is 4.65 Å². The summed E-state index contributed by atoms with van der Waals surface area (Å²) in [5.41, 5.74) is 8.81. The number of fused-ring (bicyclic) bond motifs is 6. The first-order chi connectivity index (χ1) is 21.2. The van der Waals surface area contributed by atoms with Crippen LogP contribution in [0.2, 0.25) is 0 Å². The Hall–Kier alpha value is -4.08. The van der Waals surface area contributed by atoms with E-state index in [1.165, 1.54) is 65.1 Å². The fraction of sp³-hybridized carbons (Fsp3) is 0.250. The van der Waals surface area contributed by atoms with Crippen LogP contribution in [0.5, 0.6) is 5.75 Å². The minimum Gasteiger partial charge on any atom is -0.538 e. The van der Waals surface area contributed by atoms with Crippen molar-refractivity contribution < 1.29 is 9.68 Å². The van der Waals surface area contributed by atoms with E-state index in [-0.39, 0.29) is 13.1 Å². The van der Waals surface area contributed by atoms with Gasteiger partial charge in [-0.15, -0.1) is 0 Å². The first-order valence-corrected chi connectivity index (χ1v) is 16.1. The van der Waals surface area contributed by atoms with E-state index in [0.29, 0.717) is 0 Å². The van der Waals surface area contributed by atoms with Crippen molar-refractivity contribution in [2.45, 2.75) is 37.5 Å². The smallest absolute Gasteiger partial charge is 0.504 e. The lowest BCUT2D eigenvalue weighted by molar-refractivity contribution is -0.0399. The summed E-state index contributed by atoms with van der Waals surface area (Å²) in [6, 6.07) is 38.5. The zero-order valence-electron chi connectivity index (χ0n) is 24.2. The normalized spacial score (nSPS) is 26.3. The van der Waals surface area contributed by atoms with Crippen molar-refractivity contribution in [3.63, 3.8) is 0 Å². The summed E-state index contributed by atoms with van der Waals surface area (Å²) in [5.74, 6) is 4.15. The first-order valence-electron chi connectivity index (χ1n) is 16.1. The second-order valence-electron chi connectivity index (χ2n) is 13.7. The lowest BCUT2D eigenvalue weighted by Crippen LogP contribution is -2.55. The monoisotopic (exact) mass is 556 g/mol. The Labute approximate surface area is 252 Å². The van der Waals surface area contributed by atoms with Crippen LogP contribution in [0.15, 0.2) is 103 Å². The third kappa shape index (κ3) is 3.14. The van der Waals surface area contributed by atoms with E-state index in [4.69, 9.17) is 4.65 Å². The fourth-order valence-electron chi connectivity index (χ4n) is 10.7. The van der Waals surface area contributed by atoms with Crippen LogP contribution in [0.3, 0.4) is 0 Å². The van der Waals surface area contributed by atoms with E-state index >= 15 is 0 Å². The maximum absolute atomic E-state index is 9.74. The summed E-state index contributed by atoms with van der Waals surface area (Å²) >= 11 is 0. The molecule has 1 N–H and O–H groups in total. The standard InChI is InChI=1S/C40H33BO2/c42-41-43-39-33-10-3-1-8-31(33)38(32-9-2-4-11-34(32)39)26-14-13-25-21-35-30-7-5-6-12-36(30)40(37(35)22-27(25)20-26)28-16-23-15-24(18-28)19-29(40)17-23/h1-14,20-24,28-29,41-42H,15-19H2. The molecule has 0 unspecified atom stereocenters. The summed E-state index contributed by atoms with van der Waals surface area (Å²) in [7, 11) is -0.345. The Morgan fingerprint density at radius 1 is 0.581 bits per heavy atom. The van der Waals surface area contributed by atoms with Gasteiger partial charge in [0.05, 0.1) is 0 Å². The van der Waals surface area contributed by atoms with E-state index in [1.807, 2.05) is 0 Å². The lowest BCUT2D eigenvalue weighted by Gasteiger charge is -2.61. The predicted molar refractivity (Wildman–Crippen MR) is 178 cm³/mol. The van der Waals surface area contributed by atoms with E-state index in [2.05, 4.69) is 103 Å². The molecule has 1 spiro atoms. The highest BCUT2D eigenvalue weighted by Gasteiger charge is 2.61. The molecule has 4 fully saturated rings. The largest absolute Gasteiger partial charge is 0.538 e. The summed E-state index contributed by atoms with van der Waals surface area (Å²) < 4.78 is 5.84. The van der Waals surface area contributed by atoms with Crippen LogP contribution in [0.4, 0.5) is 0 Å². The Kier molecular flexibility index (Phi) is 4.95. The van der Waals surface area contributed by atoms with Gasteiger partial charge in [0.1, 0.15) is 5.75 Å². The summed E-state index contributed by atoms with van der Waals surface area (Å²) in [6.07, 6.45) is 7.08. The molecule has 5 aliphatic carbocycles. The number of hydrogen-bond acceptors (Lipinski definition) is 2. The average molecular weight is 557 g/mol. The third-order valence-corrected chi connectivity index (χ3v) is 11.9.